The molecule has 1 amide bonds. The van der Waals surface area contributed by atoms with Crippen LogP contribution in [0.3, 0.4) is 0 Å². The van der Waals surface area contributed by atoms with E-state index in [1.165, 1.54) is 5.56 Å². The highest BCUT2D eigenvalue weighted by molar-refractivity contribution is 6.07. The molecule has 0 unspecified atom stereocenters. The van der Waals surface area contributed by atoms with Crippen LogP contribution in [0.2, 0.25) is 0 Å². The average Bonchev–Trinajstić information content (AvgIpc) is 3.28. The monoisotopic (exact) mass is 384 g/mol. The molecule has 0 aliphatic heterocycles. The molecule has 4 rings (SSSR count). The summed E-state index contributed by atoms with van der Waals surface area (Å²) in [4.78, 5) is 13.3. The Kier molecular flexibility index (Phi) is 4.80. The van der Waals surface area contributed by atoms with Gasteiger partial charge in [-0.1, -0.05) is 23.8 Å². The summed E-state index contributed by atoms with van der Waals surface area (Å²) in [7, 11) is 0. The molecule has 1 N–H and O–H groups in total. The van der Waals surface area contributed by atoms with E-state index in [1.54, 1.807) is 0 Å². The molecule has 0 aliphatic carbocycles. The Morgan fingerprint density at radius 1 is 0.862 bits per heavy atom. The number of anilines is 1. The van der Waals surface area contributed by atoms with Crippen LogP contribution >= 0.6 is 0 Å². The third-order valence-electron chi connectivity index (χ3n) is 4.87. The molecule has 2 aromatic carbocycles. The fourth-order valence-corrected chi connectivity index (χ4v) is 3.60. The first-order chi connectivity index (χ1) is 13.9. The Morgan fingerprint density at radius 2 is 1.48 bits per heavy atom. The van der Waals surface area contributed by atoms with E-state index in [4.69, 9.17) is 5.10 Å². The van der Waals surface area contributed by atoms with E-state index in [-0.39, 0.29) is 5.91 Å². The van der Waals surface area contributed by atoms with Crippen molar-refractivity contribution in [2.24, 2.45) is 0 Å². The molecule has 146 valence electrons. The van der Waals surface area contributed by atoms with Gasteiger partial charge in [0.1, 0.15) is 5.56 Å². The first-order valence-electron chi connectivity index (χ1n) is 9.62. The van der Waals surface area contributed by atoms with Gasteiger partial charge in [0, 0.05) is 18.1 Å². The van der Waals surface area contributed by atoms with Crippen LogP contribution in [-0.4, -0.2) is 20.3 Å². The predicted molar refractivity (Wildman–Crippen MR) is 116 cm³/mol. The summed E-state index contributed by atoms with van der Waals surface area (Å²) in [5, 5.41) is 7.75. The molecule has 0 saturated carbocycles. The van der Waals surface area contributed by atoms with Crippen molar-refractivity contribution in [3.63, 3.8) is 0 Å². The first kappa shape index (κ1) is 18.7. The lowest BCUT2D eigenvalue weighted by Gasteiger charge is -2.12. The number of hydrogen-bond donors (Lipinski definition) is 1. The summed E-state index contributed by atoms with van der Waals surface area (Å²) in [6.07, 6.45) is 3.85. The number of amides is 1. The molecule has 0 atom stereocenters. The van der Waals surface area contributed by atoms with Crippen LogP contribution in [0.15, 0.2) is 67.0 Å². The lowest BCUT2D eigenvalue weighted by atomic mass is 10.1. The smallest absolute Gasteiger partial charge is 0.261 e. The van der Waals surface area contributed by atoms with Crippen molar-refractivity contribution in [2.75, 3.05) is 5.32 Å². The normalized spacial score (nSPS) is 10.9. The Balaban J connectivity index is 1.82. The number of carbonyl (C=O) groups is 1. The standard InChI is InChI=1S/C24H24N4O/c1-16-7-9-21(10-8-16)28-24(27-11-5-6-12-27)22(19(4)26-28)23(29)25-20-14-17(2)13-18(3)15-20/h5-15H,1-4H3,(H,25,29). The van der Waals surface area contributed by atoms with Crippen LogP contribution < -0.4 is 5.32 Å². The molecule has 0 aliphatic rings. The lowest BCUT2D eigenvalue weighted by Crippen LogP contribution is -2.16. The summed E-state index contributed by atoms with van der Waals surface area (Å²) >= 11 is 0. The van der Waals surface area contributed by atoms with Crippen molar-refractivity contribution in [1.82, 2.24) is 14.3 Å². The summed E-state index contributed by atoms with van der Waals surface area (Å²) in [5.74, 6) is 0.549. The third-order valence-corrected chi connectivity index (χ3v) is 4.87. The number of benzene rings is 2. The van der Waals surface area contributed by atoms with Gasteiger partial charge in [-0.2, -0.15) is 5.10 Å². The predicted octanol–water partition coefficient (Wildman–Crippen LogP) is 5.15. The Bertz CT molecular complexity index is 1150. The number of nitrogens with one attached hydrogen (secondary N) is 1. The molecule has 5 heteroatoms. The lowest BCUT2D eigenvalue weighted by molar-refractivity contribution is 0.102. The summed E-state index contributed by atoms with van der Waals surface area (Å²) < 4.78 is 3.75. The highest BCUT2D eigenvalue weighted by Crippen LogP contribution is 2.25. The number of rotatable bonds is 4. The molecular formula is C24H24N4O. The van der Waals surface area contributed by atoms with Crippen molar-refractivity contribution in [2.45, 2.75) is 27.7 Å². The van der Waals surface area contributed by atoms with E-state index >= 15 is 0 Å². The number of aromatic nitrogens is 3. The minimum atomic E-state index is -0.172. The molecule has 0 bridgehead atoms. The van der Waals surface area contributed by atoms with Gasteiger partial charge < -0.3 is 9.88 Å². The molecule has 2 aromatic heterocycles. The highest BCUT2D eigenvalue weighted by Gasteiger charge is 2.24. The van der Waals surface area contributed by atoms with Crippen molar-refractivity contribution >= 4 is 11.6 Å². The molecule has 0 saturated heterocycles. The van der Waals surface area contributed by atoms with Crippen LogP contribution in [0, 0.1) is 27.7 Å². The molecule has 4 aromatic rings. The van der Waals surface area contributed by atoms with Crippen LogP contribution in [0.5, 0.6) is 0 Å². The second-order valence-electron chi connectivity index (χ2n) is 7.45. The number of carbonyl (C=O) groups excluding carboxylic acids is 1. The van der Waals surface area contributed by atoms with E-state index in [0.29, 0.717) is 11.3 Å². The first-order valence-corrected chi connectivity index (χ1v) is 9.62. The zero-order chi connectivity index (χ0) is 20.5. The third kappa shape index (κ3) is 3.72. The molecule has 5 nitrogen and oxygen atoms in total. The molecule has 0 radical (unpaired) electrons. The minimum Gasteiger partial charge on any atom is -0.322 e. The Hall–Kier alpha value is -3.60. The topological polar surface area (TPSA) is 51.9 Å². The van der Waals surface area contributed by atoms with Gasteiger partial charge >= 0.3 is 0 Å². The maximum atomic E-state index is 13.3. The van der Waals surface area contributed by atoms with Crippen molar-refractivity contribution in [3.05, 3.63) is 94.9 Å². The largest absolute Gasteiger partial charge is 0.322 e. The van der Waals surface area contributed by atoms with Crippen molar-refractivity contribution < 1.29 is 4.79 Å². The van der Waals surface area contributed by atoms with Gasteiger partial charge in [0.15, 0.2) is 5.82 Å². The summed E-state index contributed by atoms with van der Waals surface area (Å²) in [6, 6.07) is 18.0. The van der Waals surface area contributed by atoms with E-state index in [9.17, 15) is 4.79 Å². The van der Waals surface area contributed by atoms with Crippen molar-refractivity contribution in [3.8, 4) is 11.5 Å². The van der Waals surface area contributed by atoms with E-state index in [0.717, 1.165) is 28.3 Å². The van der Waals surface area contributed by atoms with E-state index < -0.39 is 0 Å². The van der Waals surface area contributed by atoms with Gasteiger partial charge in [0.05, 0.1) is 11.4 Å². The van der Waals surface area contributed by atoms with Crippen LogP contribution in [0.25, 0.3) is 11.5 Å². The Morgan fingerprint density at radius 3 is 2.10 bits per heavy atom. The second-order valence-corrected chi connectivity index (χ2v) is 7.45. The number of hydrogen-bond acceptors (Lipinski definition) is 2. The maximum Gasteiger partial charge on any atom is 0.261 e. The number of nitrogens with zero attached hydrogens (tertiary/aromatic N) is 3. The van der Waals surface area contributed by atoms with Gasteiger partial charge in [-0.25, -0.2) is 4.68 Å². The Labute approximate surface area is 170 Å². The maximum absolute atomic E-state index is 13.3. The van der Waals surface area contributed by atoms with E-state index in [1.807, 2.05) is 97.9 Å². The summed E-state index contributed by atoms with van der Waals surface area (Å²) in [6.45, 7) is 7.96. The number of aryl methyl sites for hydroxylation is 4. The second kappa shape index (κ2) is 7.43. The fraction of sp³-hybridized carbons (Fsp3) is 0.167. The molecule has 2 heterocycles. The van der Waals surface area contributed by atoms with E-state index in [2.05, 4.69) is 11.4 Å². The van der Waals surface area contributed by atoms with Crippen LogP contribution in [-0.2, 0) is 0 Å². The minimum absolute atomic E-state index is 0.172. The molecule has 0 spiro atoms. The van der Waals surface area contributed by atoms with Gasteiger partial charge in [-0.15, -0.1) is 0 Å². The van der Waals surface area contributed by atoms with Gasteiger partial charge in [-0.05, 0) is 75.2 Å². The van der Waals surface area contributed by atoms with Gasteiger partial charge in [0.25, 0.3) is 5.91 Å². The average molecular weight is 384 g/mol. The van der Waals surface area contributed by atoms with Gasteiger partial charge in [0.2, 0.25) is 0 Å². The zero-order valence-electron chi connectivity index (χ0n) is 17.1. The molecular weight excluding hydrogens is 360 g/mol. The SMILES string of the molecule is Cc1ccc(-n2nc(C)c(C(=O)Nc3cc(C)cc(C)c3)c2-n2cccc2)cc1. The quantitative estimate of drug-likeness (QED) is 0.529. The van der Waals surface area contributed by atoms with Crippen LogP contribution in [0.1, 0.15) is 32.7 Å². The fourth-order valence-electron chi connectivity index (χ4n) is 3.60. The molecule has 29 heavy (non-hydrogen) atoms. The van der Waals surface area contributed by atoms with Gasteiger partial charge in [-0.3, -0.25) is 4.79 Å². The highest BCUT2D eigenvalue weighted by atomic mass is 16.1. The molecule has 0 fully saturated rings. The zero-order valence-corrected chi connectivity index (χ0v) is 17.1. The summed E-state index contributed by atoms with van der Waals surface area (Å²) in [5.41, 5.74) is 6.32. The van der Waals surface area contributed by atoms with Crippen LogP contribution in [0.4, 0.5) is 5.69 Å². The van der Waals surface area contributed by atoms with Crippen molar-refractivity contribution in [1.29, 1.82) is 0 Å².